The maximum atomic E-state index is 14.2. The molecule has 7 nitrogen and oxygen atoms in total. The molecule has 32 heavy (non-hydrogen) atoms. The number of halogens is 3. The lowest BCUT2D eigenvalue weighted by Gasteiger charge is -2.41. The number of nitrogens with one attached hydrogen (secondary N) is 2. The average Bonchev–Trinajstić information content (AvgIpc) is 3.23. The largest absolute Gasteiger partial charge is 0.368 e. The molecule has 3 heterocycles. The summed E-state index contributed by atoms with van der Waals surface area (Å²) in [6, 6.07) is 6.43. The van der Waals surface area contributed by atoms with Crippen LogP contribution in [0.4, 0.5) is 19.0 Å². The molecule has 0 bridgehead atoms. The molecule has 0 saturated heterocycles. The van der Waals surface area contributed by atoms with Crippen LogP contribution in [0.1, 0.15) is 41.6 Å². The fraction of sp³-hybridized carbons (Fsp3) is 0.381. The second kappa shape index (κ2) is 8.81. The molecule has 0 spiro atoms. The van der Waals surface area contributed by atoms with E-state index in [2.05, 4.69) is 30.8 Å². The van der Waals surface area contributed by atoms with Crippen molar-refractivity contribution < 1.29 is 18.0 Å². The summed E-state index contributed by atoms with van der Waals surface area (Å²) >= 11 is 1.04. The molecule has 4 rings (SSSR count). The van der Waals surface area contributed by atoms with Crippen LogP contribution in [0, 0.1) is 5.82 Å². The van der Waals surface area contributed by atoms with Crippen molar-refractivity contribution in [1.29, 1.82) is 0 Å². The standard InChI is InChI=1S/C21H21F3N6OS/c1-20(23,24)11-28-18(31)15-10-26-19(32-15)14-5-6-16(30-29-14)27-12-21(7-3-8-21)17-13(22)4-2-9-25-17/h2,4-6,9-10H,3,7-8,11-12H2,1H3,(H,27,30)(H,28,31). The van der Waals surface area contributed by atoms with Crippen LogP contribution in [-0.2, 0) is 5.41 Å². The van der Waals surface area contributed by atoms with Crippen molar-refractivity contribution in [3.05, 3.63) is 53.0 Å². The van der Waals surface area contributed by atoms with Gasteiger partial charge in [0, 0.05) is 25.1 Å². The molecule has 3 aromatic rings. The number of amides is 1. The van der Waals surface area contributed by atoms with E-state index in [1.165, 1.54) is 12.3 Å². The second-order valence-corrected chi connectivity index (χ2v) is 8.94. The fourth-order valence-corrected chi connectivity index (χ4v) is 4.29. The highest BCUT2D eigenvalue weighted by Crippen LogP contribution is 2.43. The Balaban J connectivity index is 1.39. The van der Waals surface area contributed by atoms with Crippen molar-refractivity contribution in [3.63, 3.8) is 0 Å². The van der Waals surface area contributed by atoms with Gasteiger partial charge in [0.15, 0.2) is 0 Å². The number of nitrogens with zero attached hydrogens (tertiary/aromatic N) is 4. The predicted molar refractivity (Wildman–Crippen MR) is 114 cm³/mol. The van der Waals surface area contributed by atoms with Crippen molar-refractivity contribution in [2.75, 3.05) is 18.4 Å². The Kier molecular flexibility index (Phi) is 6.09. The minimum atomic E-state index is -2.99. The number of rotatable bonds is 8. The Labute approximate surface area is 186 Å². The lowest BCUT2D eigenvalue weighted by atomic mass is 9.66. The van der Waals surface area contributed by atoms with Gasteiger partial charge < -0.3 is 10.6 Å². The van der Waals surface area contributed by atoms with Gasteiger partial charge in [0.2, 0.25) is 0 Å². The summed E-state index contributed by atoms with van der Waals surface area (Å²) in [6.45, 7) is 0.470. The topological polar surface area (TPSA) is 92.7 Å². The summed E-state index contributed by atoms with van der Waals surface area (Å²) in [7, 11) is 0. The first-order chi connectivity index (χ1) is 15.3. The van der Waals surface area contributed by atoms with Crippen LogP contribution < -0.4 is 10.6 Å². The number of anilines is 1. The number of aromatic nitrogens is 4. The highest BCUT2D eigenvalue weighted by Gasteiger charge is 2.41. The summed E-state index contributed by atoms with van der Waals surface area (Å²) in [6.07, 6.45) is 5.61. The van der Waals surface area contributed by atoms with Crippen molar-refractivity contribution in [1.82, 2.24) is 25.5 Å². The van der Waals surface area contributed by atoms with Gasteiger partial charge in [-0.25, -0.2) is 18.2 Å². The number of alkyl halides is 2. The maximum Gasteiger partial charge on any atom is 0.263 e. The molecular weight excluding hydrogens is 441 g/mol. The number of pyridine rings is 1. The zero-order valence-corrected chi connectivity index (χ0v) is 18.1. The van der Waals surface area contributed by atoms with E-state index in [0.29, 0.717) is 28.8 Å². The smallest absolute Gasteiger partial charge is 0.263 e. The van der Waals surface area contributed by atoms with E-state index in [1.807, 2.05) is 0 Å². The number of thiazole rings is 1. The van der Waals surface area contributed by atoms with Gasteiger partial charge in [0.1, 0.15) is 27.2 Å². The quantitative estimate of drug-likeness (QED) is 0.525. The van der Waals surface area contributed by atoms with E-state index in [1.54, 1.807) is 24.4 Å². The summed E-state index contributed by atoms with van der Waals surface area (Å²) in [5.41, 5.74) is 0.561. The van der Waals surface area contributed by atoms with E-state index < -0.39 is 18.4 Å². The van der Waals surface area contributed by atoms with Crippen LogP contribution in [0.25, 0.3) is 10.7 Å². The van der Waals surface area contributed by atoms with Gasteiger partial charge in [-0.3, -0.25) is 9.78 Å². The fourth-order valence-electron chi connectivity index (χ4n) is 3.50. The van der Waals surface area contributed by atoms with Gasteiger partial charge >= 0.3 is 0 Å². The van der Waals surface area contributed by atoms with E-state index in [0.717, 1.165) is 37.5 Å². The van der Waals surface area contributed by atoms with Crippen LogP contribution >= 0.6 is 11.3 Å². The summed E-state index contributed by atoms with van der Waals surface area (Å²) < 4.78 is 40.1. The Bertz CT molecular complexity index is 1100. The first kappa shape index (κ1) is 22.1. The normalized spacial score (nSPS) is 15.1. The Morgan fingerprint density at radius 2 is 2.03 bits per heavy atom. The van der Waals surface area contributed by atoms with E-state index in [9.17, 15) is 18.0 Å². The first-order valence-electron chi connectivity index (χ1n) is 10.1. The van der Waals surface area contributed by atoms with Crippen molar-refractivity contribution >= 4 is 23.1 Å². The molecule has 0 atom stereocenters. The zero-order chi connectivity index (χ0) is 22.8. The van der Waals surface area contributed by atoms with E-state index >= 15 is 0 Å². The number of hydrogen-bond acceptors (Lipinski definition) is 7. The summed E-state index contributed by atoms with van der Waals surface area (Å²) in [4.78, 5) is 20.6. The SMILES string of the molecule is CC(F)(F)CNC(=O)c1cnc(-c2ccc(NCC3(c4ncccc4F)CCC3)nn2)s1. The summed E-state index contributed by atoms with van der Waals surface area (Å²) in [5, 5.41) is 14.1. The van der Waals surface area contributed by atoms with Crippen LogP contribution in [-0.4, -0.2) is 45.1 Å². The highest BCUT2D eigenvalue weighted by molar-refractivity contribution is 7.16. The Morgan fingerprint density at radius 1 is 1.22 bits per heavy atom. The second-order valence-electron chi connectivity index (χ2n) is 7.91. The molecule has 3 aromatic heterocycles. The molecule has 0 aliphatic heterocycles. The average molecular weight is 463 g/mol. The number of carbonyl (C=O) groups excluding carboxylic acids is 1. The van der Waals surface area contributed by atoms with Crippen LogP contribution in [0.5, 0.6) is 0 Å². The third kappa shape index (κ3) is 4.87. The number of hydrogen-bond donors (Lipinski definition) is 2. The number of carbonyl (C=O) groups is 1. The molecule has 0 radical (unpaired) electrons. The van der Waals surface area contributed by atoms with E-state index in [-0.39, 0.29) is 16.1 Å². The molecule has 168 valence electrons. The first-order valence-corrected chi connectivity index (χ1v) is 10.9. The van der Waals surface area contributed by atoms with Gasteiger partial charge in [0.05, 0.1) is 18.4 Å². The predicted octanol–water partition coefficient (Wildman–Crippen LogP) is 4.05. The molecule has 1 aliphatic rings. The molecule has 11 heteroatoms. The molecule has 1 fully saturated rings. The third-order valence-electron chi connectivity index (χ3n) is 5.35. The van der Waals surface area contributed by atoms with Gasteiger partial charge in [-0.15, -0.1) is 21.5 Å². The van der Waals surface area contributed by atoms with Crippen LogP contribution in [0.2, 0.25) is 0 Å². The van der Waals surface area contributed by atoms with Crippen molar-refractivity contribution in [2.24, 2.45) is 0 Å². The van der Waals surface area contributed by atoms with E-state index in [4.69, 9.17) is 0 Å². The Hall–Kier alpha value is -3.08. The maximum absolute atomic E-state index is 14.2. The van der Waals surface area contributed by atoms with Gasteiger partial charge in [-0.2, -0.15) is 0 Å². The molecule has 1 amide bonds. The van der Waals surface area contributed by atoms with Crippen molar-refractivity contribution in [3.8, 4) is 10.7 Å². The zero-order valence-electron chi connectivity index (χ0n) is 17.2. The van der Waals surface area contributed by atoms with Gasteiger partial charge in [-0.1, -0.05) is 6.42 Å². The molecular formula is C21H21F3N6OS. The van der Waals surface area contributed by atoms with Crippen LogP contribution in [0.3, 0.4) is 0 Å². The lowest BCUT2D eigenvalue weighted by Crippen LogP contribution is -2.42. The molecule has 1 aliphatic carbocycles. The third-order valence-corrected chi connectivity index (χ3v) is 6.37. The monoisotopic (exact) mass is 462 g/mol. The summed E-state index contributed by atoms with van der Waals surface area (Å²) in [5.74, 6) is -3.38. The molecule has 2 N–H and O–H groups in total. The Morgan fingerprint density at radius 3 is 2.66 bits per heavy atom. The van der Waals surface area contributed by atoms with Crippen molar-refractivity contribution in [2.45, 2.75) is 37.5 Å². The van der Waals surface area contributed by atoms with Gasteiger partial charge in [-0.05, 0) is 37.1 Å². The minimum Gasteiger partial charge on any atom is -0.368 e. The van der Waals surface area contributed by atoms with Crippen LogP contribution in [0.15, 0.2) is 36.7 Å². The lowest BCUT2D eigenvalue weighted by molar-refractivity contribution is 0.0221. The molecule has 0 unspecified atom stereocenters. The minimum absolute atomic E-state index is 0.206. The molecule has 1 saturated carbocycles. The highest BCUT2D eigenvalue weighted by atomic mass is 32.1. The molecule has 0 aromatic carbocycles. The van der Waals surface area contributed by atoms with Gasteiger partial charge in [0.25, 0.3) is 11.8 Å².